The highest BCUT2D eigenvalue weighted by Gasteiger charge is 2.31. The van der Waals surface area contributed by atoms with Crippen LogP contribution in [0, 0.1) is 0 Å². The van der Waals surface area contributed by atoms with E-state index in [0.29, 0.717) is 11.0 Å². The second kappa shape index (κ2) is 9.36. The van der Waals surface area contributed by atoms with E-state index in [9.17, 15) is 4.79 Å². The van der Waals surface area contributed by atoms with Gasteiger partial charge in [-0.05, 0) is 42.7 Å². The molecule has 5 rings (SSSR count). The molecule has 1 atom stereocenters. The number of hydrogen-bond acceptors (Lipinski definition) is 5. The van der Waals surface area contributed by atoms with Crippen molar-refractivity contribution in [2.24, 2.45) is 0 Å². The van der Waals surface area contributed by atoms with Gasteiger partial charge in [-0.1, -0.05) is 60.3 Å². The normalized spacial score (nSPS) is 14.4. The van der Waals surface area contributed by atoms with E-state index in [2.05, 4.69) is 15.2 Å². The predicted molar refractivity (Wildman–Crippen MR) is 125 cm³/mol. The maximum absolute atomic E-state index is 13.5. The van der Waals surface area contributed by atoms with E-state index in [1.54, 1.807) is 12.4 Å². The summed E-state index contributed by atoms with van der Waals surface area (Å²) in [6.07, 6.45) is 5.64. The Hall–Kier alpha value is -3.45. The second-order valence-corrected chi connectivity index (χ2v) is 8.73. The van der Waals surface area contributed by atoms with Gasteiger partial charge in [-0.25, -0.2) is 0 Å². The lowest BCUT2D eigenvalue weighted by Gasteiger charge is -2.23. The average molecular weight is 442 g/mol. The Labute approximate surface area is 191 Å². The van der Waals surface area contributed by atoms with Gasteiger partial charge in [0.15, 0.2) is 11.0 Å². The van der Waals surface area contributed by atoms with E-state index in [1.165, 1.54) is 11.8 Å². The average Bonchev–Trinajstić information content (AvgIpc) is 3.54. The summed E-state index contributed by atoms with van der Waals surface area (Å²) in [7, 11) is 0. The van der Waals surface area contributed by atoms with Crippen molar-refractivity contribution in [3.05, 3.63) is 90.8 Å². The monoisotopic (exact) mass is 441 g/mol. The van der Waals surface area contributed by atoms with Crippen LogP contribution in [0.15, 0.2) is 90.3 Å². The number of thioether (sulfide) groups is 1. The molecule has 3 heterocycles. The Bertz CT molecular complexity index is 1170. The molecule has 0 N–H and O–H groups in total. The largest absolute Gasteiger partial charge is 0.341 e. The molecule has 4 aromatic rings. The van der Waals surface area contributed by atoms with Crippen LogP contribution in [0.4, 0.5) is 0 Å². The Morgan fingerprint density at radius 1 is 0.875 bits per heavy atom. The number of carbonyl (C=O) groups is 1. The van der Waals surface area contributed by atoms with Crippen molar-refractivity contribution in [2.45, 2.75) is 23.2 Å². The van der Waals surface area contributed by atoms with Crippen LogP contribution in [0.5, 0.6) is 0 Å². The quantitative estimate of drug-likeness (QED) is 0.403. The smallest absolute Gasteiger partial charge is 0.240 e. The standard InChI is InChI=1S/C25H23N5OS/c31-24(29-16-7-8-17-29)22(19-10-3-1-4-11-19)32-25-28-27-23(20-12-9-15-26-18-20)30(25)21-13-5-2-6-14-21/h1-6,9-15,18,22H,7-8,16-17H2/t22-/m1/s1. The molecule has 0 saturated carbocycles. The third kappa shape index (κ3) is 4.16. The summed E-state index contributed by atoms with van der Waals surface area (Å²) in [6.45, 7) is 1.63. The first kappa shape index (κ1) is 20.5. The first-order valence-corrected chi connectivity index (χ1v) is 11.6. The van der Waals surface area contributed by atoms with Crippen molar-refractivity contribution < 1.29 is 4.79 Å². The number of amides is 1. The van der Waals surface area contributed by atoms with Crippen molar-refractivity contribution >= 4 is 17.7 Å². The lowest BCUT2D eigenvalue weighted by molar-refractivity contribution is -0.129. The molecule has 0 unspecified atom stereocenters. The molecule has 0 spiro atoms. The van der Waals surface area contributed by atoms with Crippen molar-refractivity contribution in [3.63, 3.8) is 0 Å². The highest BCUT2D eigenvalue weighted by atomic mass is 32.2. The highest BCUT2D eigenvalue weighted by Crippen LogP contribution is 2.39. The summed E-state index contributed by atoms with van der Waals surface area (Å²) in [5.74, 6) is 0.830. The lowest BCUT2D eigenvalue weighted by atomic mass is 10.1. The van der Waals surface area contributed by atoms with Gasteiger partial charge in [0.1, 0.15) is 5.25 Å². The van der Waals surface area contributed by atoms with Gasteiger partial charge >= 0.3 is 0 Å². The zero-order valence-corrected chi connectivity index (χ0v) is 18.4. The van der Waals surface area contributed by atoms with Crippen molar-refractivity contribution in [3.8, 4) is 17.1 Å². The molecule has 7 heteroatoms. The number of rotatable bonds is 6. The first-order valence-electron chi connectivity index (χ1n) is 10.7. The summed E-state index contributed by atoms with van der Waals surface area (Å²) >= 11 is 1.45. The van der Waals surface area contributed by atoms with Gasteiger partial charge in [-0.2, -0.15) is 0 Å². The zero-order valence-electron chi connectivity index (χ0n) is 17.5. The molecule has 1 aliphatic heterocycles. The molecule has 0 aliphatic carbocycles. The molecular formula is C25H23N5OS. The van der Waals surface area contributed by atoms with Crippen LogP contribution in [0.25, 0.3) is 17.1 Å². The lowest BCUT2D eigenvalue weighted by Crippen LogP contribution is -2.31. The van der Waals surface area contributed by atoms with Crippen LogP contribution in [-0.4, -0.2) is 43.6 Å². The number of aromatic nitrogens is 4. The summed E-state index contributed by atoms with van der Waals surface area (Å²) in [4.78, 5) is 19.7. The summed E-state index contributed by atoms with van der Waals surface area (Å²) in [5, 5.41) is 9.31. The van der Waals surface area contributed by atoms with E-state index in [0.717, 1.165) is 42.7 Å². The Morgan fingerprint density at radius 3 is 2.28 bits per heavy atom. The van der Waals surface area contributed by atoms with Gasteiger partial charge in [0, 0.05) is 36.7 Å². The maximum Gasteiger partial charge on any atom is 0.240 e. The van der Waals surface area contributed by atoms with E-state index in [4.69, 9.17) is 0 Å². The van der Waals surface area contributed by atoms with Gasteiger partial charge in [0.05, 0.1) is 0 Å². The second-order valence-electron chi connectivity index (χ2n) is 7.66. The van der Waals surface area contributed by atoms with Crippen LogP contribution in [0.3, 0.4) is 0 Å². The number of pyridine rings is 1. The molecule has 1 aliphatic rings. The van der Waals surface area contributed by atoms with E-state index >= 15 is 0 Å². The number of hydrogen-bond donors (Lipinski definition) is 0. The van der Waals surface area contributed by atoms with Gasteiger partial charge in [0.25, 0.3) is 0 Å². The highest BCUT2D eigenvalue weighted by molar-refractivity contribution is 8.00. The third-order valence-electron chi connectivity index (χ3n) is 5.54. The number of para-hydroxylation sites is 1. The molecule has 1 amide bonds. The molecule has 2 aromatic heterocycles. The minimum Gasteiger partial charge on any atom is -0.341 e. The number of nitrogens with zero attached hydrogens (tertiary/aromatic N) is 5. The zero-order chi connectivity index (χ0) is 21.8. The topological polar surface area (TPSA) is 63.9 Å². The first-order chi connectivity index (χ1) is 15.8. The molecule has 2 aromatic carbocycles. The summed E-state index contributed by atoms with van der Waals surface area (Å²) < 4.78 is 2.01. The van der Waals surface area contributed by atoms with E-state index in [1.807, 2.05) is 82.3 Å². The van der Waals surface area contributed by atoms with Crippen LogP contribution in [0.1, 0.15) is 23.7 Å². The molecule has 32 heavy (non-hydrogen) atoms. The van der Waals surface area contributed by atoms with Crippen molar-refractivity contribution in [1.29, 1.82) is 0 Å². The Balaban J connectivity index is 1.58. The van der Waals surface area contributed by atoms with Crippen LogP contribution in [0.2, 0.25) is 0 Å². The van der Waals surface area contributed by atoms with E-state index < -0.39 is 0 Å². The fourth-order valence-electron chi connectivity index (χ4n) is 3.94. The number of carbonyl (C=O) groups excluding carboxylic acids is 1. The van der Waals surface area contributed by atoms with Gasteiger partial charge in [0.2, 0.25) is 5.91 Å². The van der Waals surface area contributed by atoms with Gasteiger partial charge in [-0.3, -0.25) is 14.3 Å². The fraction of sp³-hybridized carbons (Fsp3) is 0.200. The molecule has 0 radical (unpaired) electrons. The molecule has 1 saturated heterocycles. The van der Waals surface area contributed by atoms with Crippen molar-refractivity contribution in [2.75, 3.05) is 13.1 Å². The Kier molecular flexibility index (Phi) is 5.98. The summed E-state index contributed by atoms with van der Waals surface area (Å²) in [5.41, 5.74) is 2.79. The fourth-order valence-corrected chi connectivity index (χ4v) is 5.07. The maximum atomic E-state index is 13.5. The molecule has 160 valence electrons. The molecule has 6 nitrogen and oxygen atoms in total. The number of benzene rings is 2. The molecular weight excluding hydrogens is 418 g/mol. The van der Waals surface area contributed by atoms with E-state index in [-0.39, 0.29) is 11.2 Å². The SMILES string of the molecule is O=C([C@H](Sc1nnc(-c2cccnc2)n1-c1ccccc1)c1ccccc1)N1CCCC1. The van der Waals surface area contributed by atoms with Gasteiger partial charge < -0.3 is 4.90 Å². The Morgan fingerprint density at radius 2 is 1.59 bits per heavy atom. The van der Waals surface area contributed by atoms with Crippen LogP contribution >= 0.6 is 11.8 Å². The predicted octanol–water partition coefficient (Wildman–Crippen LogP) is 4.79. The van der Waals surface area contributed by atoms with Gasteiger partial charge in [-0.15, -0.1) is 10.2 Å². The third-order valence-corrected chi connectivity index (χ3v) is 6.72. The molecule has 0 bridgehead atoms. The molecule has 1 fully saturated rings. The van der Waals surface area contributed by atoms with Crippen LogP contribution in [-0.2, 0) is 4.79 Å². The minimum absolute atomic E-state index is 0.129. The minimum atomic E-state index is -0.386. The number of likely N-dealkylation sites (tertiary alicyclic amines) is 1. The van der Waals surface area contributed by atoms with Crippen LogP contribution < -0.4 is 0 Å². The summed E-state index contributed by atoms with van der Waals surface area (Å²) in [6, 6.07) is 23.8. The van der Waals surface area contributed by atoms with Crippen molar-refractivity contribution in [1.82, 2.24) is 24.6 Å².